The van der Waals surface area contributed by atoms with Gasteiger partial charge in [0, 0.05) is 9.79 Å². The molecule has 2 rings (SSSR count). The third-order valence-electron chi connectivity index (χ3n) is 2.27. The van der Waals surface area contributed by atoms with Gasteiger partial charge in [0.05, 0.1) is 5.69 Å². The van der Waals surface area contributed by atoms with Crippen LogP contribution in [-0.2, 0) is 4.79 Å². The van der Waals surface area contributed by atoms with E-state index in [0.29, 0.717) is 5.69 Å². The van der Waals surface area contributed by atoms with Crippen LogP contribution in [0.25, 0.3) is 0 Å². The van der Waals surface area contributed by atoms with Crippen molar-refractivity contribution in [3.63, 3.8) is 0 Å². The van der Waals surface area contributed by atoms with Gasteiger partial charge in [-0.2, -0.15) is 4.99 Å². The van der Waals surface area contributed by atoms with Crippen LogP contribution in [0.3, 0.4) is 0 Å². The molecule has 0 fully saturated rings. The van der Waals surface area contributed by atoms with Crippen molar-refractivity contribution in [2.45, 2.75) is 16.7 Å². The van der Waals surface area contributed by atoms with Crippen LogP contribution in [-0.4, -0.2) is 6.08 Å². The second-order valence-corrected chi connectivity index (χ2v) is 4.76. The van der Waals surface area contributed by atoms with Crippen molar-refractivity contribution in [1.82, 2.24) is 0 Å². The highest BCUT2D eigenvalue weighted by Gasteiger charge is 1.97. The number of benzene rings is 2. The number of carbonyl (C=O) groups excluding carboxylic acids is 1. The Kier molecular flexibility index (Phi) is 3.76. The van der Waals surface area contributed by atoms with Crippen molar-refractivity contribution in [1.29, 1.82) is 0 Å². The molecule has 0 amide bonds. The summed E-state index contributed by atoms with van der Waals surface area (Å²) >= 11 is 1.68. The van der Waals surface area contributed by atoms with E-state index in [1.54, 1.807) is 23.9 Å². The van der Waals surface area contributed by atoms with Gasteiger partial charge in [0.2, 0.25) is 6.08 Å². The number of nitrogens with zero attached hydrogens (tertiary/aromatic N) is 1. The number of hydrogen-bond donors (Lipinski definition) is 0. The van der Waals surface area contributed by atoms with E-state index < -0.39 is 0 Å². The van der Waals surface area contributed by atoms with Crippen LogP contribution in [0.15, 0.2) is 63.3 Å². The highest BCUT2D eigenvalue weighted by molar-refractivity contribution is 7.99. The van der Waals surface area contributed by atoms with E-state index in [2.05, 4.69) is 36.2 Å². The minimum absolute atomic E-state index is 0.633. The second kappa shape index (κ2) is 5.48. The van der Waals surface area contributed by atoms with Crippen molar-refractivity contribution in [2.75, 3.05) is 0 Å². The molecule has 2 aromatic rings. The van der Waals surface area contributed by atoms with E-state index in [4.69, 9.17) is 0 Å². The largest absolute Gasteiger partial charge is 0.240 e. The summed E-state index contributed by atoms with van der Waals surface area (Å²) in [5, 5.41) is 0. The van der Waals surface area contributed by atoms with Crippen LogP contribution in [0.5, 0.6) is 0 Å². The van der Waals surface area contributed by atoms with Gasteiger partial charge in [-0.25, -0.2) is 4.79 Å². The Balaban J connectivity index is 2.13. The Hall–Kier alpha value is -1.83. The molecule has 2 aromatic carbocycles. The molecule has 0 unspecified atom stereocenters. The molecule has 0 aromatic heterocycles. The molecule has 84 valence electrons. The SMILES string of the molecule is Cc1ccc(Sc2ccc(N=C=O)cc2)cc1. The topological polar surface area (TPSA) is 29.4 Å². The maximum atomic E-state index is 10.1. The van der Waals surface area contributed by atoms with E-state index in [9.17, 15) is 4.79 Å². The predicted octanol–water partition coefficient (Wildman–Crippen LogP) is 4.11. The van der Waals surface area contributed by atoms with E-state index >= 15 is 0 Å². The van der Waals surface area contributed by atoms with Crippen LogP contribution in [0.2, 0.25) is 0 Å². The standard InChI is InChI=1S/C14H11NOS/c1-11-2-6-13(7-3-11)17-14-8-4-12(5-9-14)15-10-16/h2-9H,1H3. The number of hydrogen-bond acceptors (Lipinski definition) is 3. The van der Waals surface area contributed by atoms with Crippen molar-refractivity contribution >= 4 is 23.5 Å². The summed E-state index contributed by atoms with van der Waals surface area (Å²) in [6, 6.07) is 15.9. The predicted molar refractivity (Wildman–Crippen MR) is 69.5 cm³/mol. The Morgan fingerprint density at radius 2 is 1.47 bits per heavy atom. The van der Waals surface area contributed by atoms with Gasteiger partial charge < -0.3 is 0 Å². The molecule has 0 radical (unpaired) electrons. The second-order valence-electron chi connectivity index (χ2n) is 3.61. The molecular formula is C14H11NOS. The first kappa shape index (κ1) is 11.6. The quantitative estimate of drug-likeness (QED) is 0.597. The minimum Gasteiger partial charge on any atom is -0.211 e. The Bertz CT molecular complexity index is 539. The van der Waals surface area contributed by atoms with Gasteiger partial charge in [-0.15, -0.1) is 0 Å². The molecule has 3 heteroatoms. The molecule has 0 aliphatic heterocycles. The molecule has 2 nitrogen and oxygen atoms in total. The number of isocyanates is 1. The van der Waals surface area contributed by atoms with Crippen molar-refractivity contribution < 1.29 is 4.79 Å². The molecule has 0 saturated heterocycles. The highest BCUT2D eigenvalue weighted by Crippen LogP contribution is 2.28. The zero-order valence-electron chi connectivity index (χ0n) is 9.38. The summed E-state index contributed by atoms with van der Waals surface area (Å²) in [5.41, 5.74) is 1.89. The van der Waals surface area contributed by atoms with E-state index in [0.717, 1.165) is 4.90 Å². The Labute approximate surface area is 104 Å². The van der Waals surface area contributed by atoms with Crippen LogP contribution in [0, 0.1) is 6.92 Å². The van der Waals surface area contributed by atoms with Crippen molar-refractivity contribution in [3.8, 4) is 0 Å². The molecule has 0 heterocycles. The van der Waals surface area contributed by atoms with Gasteiger partial charge in [-0.05, 0) is 43.3 Å². The summed E-state index contributed by atoms with van der Waals surface area (Å²) in [7, 11) is 0. The van der Waals surface area contributed by atoms with Crippen LogP contribution < -0.4 is 0 Å². The molecule has 17 heavy (non-hydrogen) atoms. The fourth-order valence-corrected chi connectivity index (χ4v) is 2.20. The first-order valence-corrected chi connectivity index (χ1v) is 6.02. The van der Waals surface area contributed by atoms with Gasteiger partial charge in [0.1, 0.15) is 0 Å². The average molecular weight is 241 g/mol. The molecule has 0 N–H and O–H groups in total. The maximum Gasteiger partial charge on any atom is 0.240 e. The number of rotatable bonds is 3. The van der Waals surface area contributed by atoms with E-state index in [-0.39, 0.29) is 0 Å². The first-order chi connectivity index (χ1) is 8.28. The van der Waals surface area contributed by atoms with Crippen LogP contribution >= 0.6 is 11.8 Å². The lowest BCUT2D eigenvalue weighted by molar-refractivity contribution is 0.565. The highest BCUT2D eigenvalue weighted by atomic mass is 32.2. The van der Waals surface area contributed by atoms with E-state index in [1.807, 2.05) is 12.1 Å². The Morgan fingerprint density at radius 3 is 2.00 bits per heavy atom. The molecule has 0 bridgehead atoms. The first-order valence-electron chi connectivity index (χ1n) is 5.20. The molecule has 0 aliphatic rings. The molecular weight excluding hydrogens is 230 g/mol. The molecule has 0 aliphatic carbocycles. The number of aryl methyl sites for hydroxylation is 1. The van der Waals surface area contributed by atoms with Crippen LogP contribution in [0.4, 0.5) is 5.69 Å². The lowest BCUT2D eigenvalue weighted by atomic mass is 10.2. The normalized spacial score (nSPS) is 9.71. The van der Waals surface area contributed by atoms with Gasteiger partial charge in [0.15, 0.2) is 0 Å². The van der Waals surface area contributed by atoms with Gasteiger partial charge in [-0.1, -0.05) is 29.5 Å². The Morgan fingerprint density at radius 1 is 0.941 bits per heavy atom. The van der Waals surface area contributed by atoms with Crippen molar-refractivity contribution in [2.24, 2.45) is 4.99 Å². The molecule has 0 atom stereocenters. The van der Waals surface area contributed by atoms with Crippen molar-refractivity contribution in [3.05, 3.63) is 54.1 Å². The van der Waals surface area contributed by atoms with Crippen LogP contribution in [0.1, 0.15) is 5.56 Å². The monoisotopic (exact) mass is 241 g/mol. The summed E-state index contributed by atoms with van der Waals surface area (Å²) < 4.78 is 0. The maximum absolute atomic E-state index is 10.1. The lowest BCUT2D eigenvalue weighted by Gasteiger charge is -2.02. The average Bonchev–Trinajstić information content (AvgIpc) is 2.35. The third-order valence-corrected chi connectivity index (χ3v) is 3.28. The smallest absolute Gasteiger partial charge is 0.211 e. The molecule has 0 saturated carbocycles. The van der Waals surface area contributed by atoms with Gasteiger partial charge >= 0.3 is 0 Å². The summed E-state index contributed by atoms with van der Waals surface area (Å²) in [5.74, 6) is 0. The third kappa shape index (κ3) is 3.31. The zero-order valence-corrected chi connectivity index (χ0v) is 10.2. The summed E-state index contributed by atoms with van der Waals surface area (Å²) in [6.07, 6.45) is 1.53. The van der Waals surface area contributed by atoms with Gasteiger partial charge in [-0.3, -0.25) is 0 Å². The lowest BCUT2D eigenvalue weighted by Crippen LogP contribution is -1.75. The zero-order chi connectivity index (χ0) is 12.1. The molecule has 0 spiro atoms. The fourth-order valence-electron chi connectivity index (χ4n) is 1.38. The van der Waals surface area contributed by atoms with E-state index in [1.165, 1.54) is 16.5 Å². The van der Waals surface area contributed by atoms with Gasteiger partial charge in [0.25, 0.3) is 0 Å². The fraction of sp³-hybridized carbons (Fsp3) is 0.0714. The summed E-state index contributed by atoms with van der Waals surface area (Å²) in [6.45, 7) is 2.07. The minimum atomic E-state index is 0.633. The summed E-state index contributed by atoms with van der Waals surface area (Å²) in [4.78, 5) is 16.0. The number of aliphatic imine (C=N–C) groups is 1.